The van der Waals surface area contributed by atoms with Crippen LogP contribution in [-0.4, -0.2) is 33.1 Å². The number of sulfone groups is 1. The molecule has 2 atom stereocenters. The van der Waals surface area contributed by atoms with Crippen molar-refractivity contribution in [1.82, 2.24) is 0 Å². The minimum absolute atomic E-state index is 0.112. The Morgan fingerprint density at radius 1 is 1.19 bits per heavy atom. The fourth-order valence-electron chi connectivity index (χ4n) is 3.10. The van der Waals surface area contributed by atoms with Gasteiger partial charge in [0.15, 0.2) is 15.6 Å². The van der Waals surface area contributed by atoms with E-state index in [1.165, 1.54) is 19.1 Å². The maximum atomic E-state index is 12.1. The number of ketones is 1. The molecule has 26 heavy (non-hydrogen) atoms. The third-order valence-electron chi connectivity index (χ3n) is 4.42. The quantitative estimate of drug-likeness (QED) is 0.780. The van der Waals surface area contributed by atoms with Crippen LogP contribution in [0.1, 0.15) is 35.4 Å². The number of ether oxygens (including phenoxy) is 1. The Balaban J connectivity index is 1.95. The Hall–Kier alpha value is -1.89. The first kappa shape index (κ1) is 18.9. The molecule has 1 aliphatic heterocycles. The predicted octanol–water partition coefficient (Wildman–Crippen LogP) is 3.89. The number of halogens is 1. The Kier molecular flexibility index (Phi) is 5.37. The number of Topliss-reactive ketones (excluding diaryl/α,β-unsaturated/α-hetero) is 1. The van der Waals surface area contributed by atoms with Gasteiger partial charge < -0.3 is 10.1 Å². The van der Waals surface area contributed by atoms with Gasteiger partial charge in [-0.2, -0.15) is 0 Å². The van der Waals surface area contributed by atoms with Crippen LogP contribution in [0.3, 0.4) is 0 Å². The van der Waals surface area contributed by atoms with E-state index in [9.17, 15) is 13.2 Å². The van der Waals surface area contributed by atoms with E-state index in [0.29, 0.717) is 22.9 Å². The van der Waals surface area contributed by atoms with Crippen molar-refractivity contribution in [2.75, 3.05) is 18.2 Å². The molecule has 5 nitrogen and oxygen atoms in total. The van der Waals surface area contributed by atoms with E-state index >= 15 is 0 Å². The smallest absolute Gasteiger partial charge is 0.177 e. The van der Waals surface area contributed by atoms with Crippen molar-refractivity contribution in [2.24, 2.45) is 0 Å². The summed E-state index contributed by atoms with van der Waals surface area (Å²) < 4.78 is 30.1. The van der Waals surface area contributed by atoms with Gasteiger partial charge in [-0.15, -0.1) is 0 Å². The lowest BCUT2D eigenvalue weighted by Gasteiger charge is -2.23. The van der Waals surface area contributed by atoms with Gasteiger partial charge in [0.2, 0.25) is 0 Å². The summed E-state index contributed by atoms with van der Waals surface area (Å²) in [4.78, 5) is 11.9. The van der Waals surface area contributed by atoms with Crippen molar-refractivity contribution in [3.8, 4) is 0 Å². The van der Waals surface area contributed by atoms with Crippen molar-refractivity contribution in [3.63, 3.8) is 0 Å². The zero-order chi connectivity index (χ0) is 18.9. The summed E-state index contributed by atoms with van der Waals surface area (Å²) in [7, 11) is -3.44. The zero-order valence-corrected chi connectivity index (χ0v) is 16.1. The SMILES string of the molecule is CC(=O)c1ccc(S(C)(=O)=O)c(NC2CCOC2c2ccc(Cl)cc2)c1. The molecule has 0 saturated carbocycles. The number of anilines is 1. The largest absolute Gasteiger partial charge is 0.378 e. The topological polar surface area (TPSA) is 72.5 Å². The average Bonchev–Trinajstić information content (AvgIpc) is 3.02. The number of hydrogen-bond donors (Lipinski definition) is 1. The molecular formula is C19H20ClNO4S. The van der Waals surface area contributed by atoms with Crippen LogP contribution in [-0.2, 0) is 14.6 Å². The normalized spacial score (nSPS) is 20.1. The van der Waals surface area contributed by atoms with Crippen LogP contribution in [0.4, 0.5) is 5.69 Å². The maximum absolute atomic E-state index is 12.1. The molecule has 2 aromatic carbocycles. The van der Waals surface area contributed by atoms with Crippen LogP contribution in [0, 0.1) is 0 Å². The highest BCUT2D eigenvalue weighted by Crippen LogP contribution is 2.34. The summed E-state index contributed by atoms with van der Waals surface area (Å²) >= 11 is 5.95. The number of rotatable bonds is 5. The van der Waals surface area contributed by atoms with Gasteiger partial charge in [0.05, 0.1) is 16.6 Å². The van der Waals surface area contributed by atoms with E-state index in [1.807, 2.05) is 12.1 Å². The lowest BCUT2D eigenvalue weighted by Crippen LogP contribution is -2.24. The van der Waals surface area contributed by atoms with Gasteiger partial charge in [0.1, 0.15) is 6.10 Å². The monoisotopic (exact) mass is 393 g/mol. The summed E-state index contributed by atoms with van der Waals surface area (Å²) in [5, 5.41) is 3.93. The van der Waals surface area contributed by atoms with E-state index in [2.05, 4.69) is 5.32 Å². The molecule has 1 saturated heterocycles. The van der Waals surface area contributed by atoms with E-state index in [-0.39, 0.29) is 22.8 Å². The van der Waals surface area contributed by atoms with Crippen molar-refractivity contribution in [1.29, 1.82) is 0 Å². The first-order chi connectivity index (χ1) is 12.3. The van der Waals surface area contributed by atoms with Gasteiger partial charge in [-0.25, -0.2) is 8.42 Å². The van der Waals surface area contributed by atoms with Crippen LogP contribution in [0.25, 0.3) is 0 Å². The van der Waals surface area contributed by atoms with Crippen molar-refractivity contribution in [3.05, 3.63) is 58.6 Å². The molecule has 0 aliphatic carbocycles. The highest BCUT2D eigenvalue weighted by Gasteiger charge is 2.31. The van der Waals surface area contributed by atoms with E-state index in [0.717, 1.165) is 18.2 Å². The van der Waals surface area contributed by atoms with Gasteiger partial charge in [0.25, 0.3) is 0 Å². The van der Waals surface area contributed by atoms with Crippen molar-refractivity contribution in [2.45, 2.75) is 30.4 Å². The van der Waals surface area contributed by atoms with Gasteiger partial charge in [-0.1, -0.05) is 23.7 Å². The third-order valence-corrected chi connectivity index (χ3v) is 5.82. The van der Waals surface area contributed by atoms with Crippen LogP contribution in [0.2, 0.25) is 5.02 Å². The lowest BCUT2D eigenvalue weighted by atomic mass is 10.0. The fraction of sp³-hybridized carbons (Fsp3) is 0.316. The Labute approximate surface area is 158 Å². The molecule has 0 amide bonds. The highest BCUT2D eigenvalue weighted by molar-refractivity contribution is 7.90. The molecule has 0 aromatic heterocycles. The molecule has 0 radical (unpaired) electrons. The van der Waals surface area contributed by atoms with Gasteiger partial charge in [0, 0.05) is 23.4 Å². The second-order valence-electron chi connectivity index (χ2n) is 6.42. The first-order valence-electron chi connectivity index (χ1n) is 8.24. The molecule has 0 spiro atoms. The van der Waals surface area contributed by atoms with Gasteiger partial charge >= 0.3 is 0 Å². The lowest BCUT2D eigenvalue weighted by molar-refractivity contribution is 0.101. The van der Waals surface area contributed by atoms with Crippen LogP contribution in [0.15, 0.2) is 47.4 Å². The number of carbonyl (C=O) groups excluding carboxylic acids is 1. The van der Waals surface area contributed by atoms with Gasteiger partial charge in [-0.3, -0.25) is 4.79 Å². The molecule has 1 heterocycles. The van der Waals surface area contributed by atoms with Crippen LogP contribution < -0.4 is 5.32 Å². The fourth-order valence-corrected chi connectivity index (χ4v) is 4.06. The standard InChI is InChI=1S/C19H20ClNO4S/c1-12(22)14-5-8-18(26(2,23)24)17(11-14)21-16-9-10-25-19(16)13-3-6-15(20)7-4-13/h3-8,11,16,19,21H,9-10H2,1-2H3. The molecule has 1 aliphatic rings. The third kappa shape index (κ3) is 4.09. The van der Waals surface area contributed by atoms with Crippen LogP contribution >= 0.6 is 11.6 Å². The predicted molar refractivity (Wildman–Crippen MR) is 102 cm³/mol. The summed E-state index contributed by atoms with van der Waals surface area (Å²) in [5.41, 5.74) is 1.85. The summed E-state index contributed by atoms with van der Waals surface area (Å²) in [6.07, 6.45) is 1.66. The molecule has 7 heteroatoms. The van der Waals surface area contributed by atoms with E-state index in [4.69, 9.17) is 16.3 Å². The Bertz CT molecular complexity index is 925. The first-order valence-corrected chi connectivity index (χ1v) is 10.5. The molecular weight excluding hydrogens is 374 g/mol. The molecule has 1 N–H and O–H groups in total. The van der Waals surface area contributed by atoms with Crippen molar-refractivity contribution >= 4 is 32.9 Å². The Morgan fingerprint density at radius 2 is 1.88 bits per heavy atom. The van der Waals surface area contributed by atoms with Crippen molar-refractivity contribution < 1.29 is 17.9 Å². The minimum atomic E-state index is -3.44. The summed E-state index contributed by atoms with van der Waals surface area (Å²) in [6, 6.07) is 11.9. The number of carbonyl (C=O) groups is 1. The summed E-state index contributed by atoms with van der Waals surface area (Å²) in [6.45, 7) is 2.01. The average molecular weight is 394 g/mol. The maximum Gasteiger partial charge on any atom is 0.177 e. The molecule has 1 fully saturated rings. The van der Waals surface area contributed by atoms with Gasteiger partial charge in [-0.05, 0) is 49.2 Å². The molecule has 3 rings (SSSR count). The molecule has 2 unspecified atom stereocenters. The zero-order valence-electron chi connectivity index (χ0n) is 14.5. The number of nitrogens with one attached hydrogen (secondary N) is 1. The second-order valence-corrected chi connectivity index (χ2v) is 8.84. The Morgan fingerprint density at radius 3 is 2.50 bits per heavy atom. The molecule has 0 bridgehead atoms. The molecule has 2 aromatic rings. The molecule has 138 valence electrons. The summed E-state index contributed by atoms with van der Waals surface area (Å²) in [5.74, 6) is -0.120. The van der Waals surface area contributed by atoms with E-state index in [1.54, 1.807) is 18.2 Å². The highest BCUT2D eigenvalue weighted by atomic mass is 35.5. The number of hydrogen-bond acceptors (Lipinski definition) is 5. The minimum Gasteiger partial charge on any atom is -0.378 e. The second kappa shape index (κ2) is 7.39. The van der Waals surface area contributed by atoms with E-state index < -0.39 is 9.84 Å². The van der Waals surface area contributed by atoms with Crippen LogP contribution in [0.5, 0.6) is 0 Å². The number of benzene rings is 2.